The molecule has 0 aromatic rings. The van der Waals surface area contributed by atoms with E-state index in [0.29, 0.717) is 22.1 Å². The maximum absolute atomic E-state index is 11.7. The summed E-state index contributed by atoms with van der Waals surface area (Å²) in [6.45, 7) is 0.628. The van der Waals surface area contributed by atoms with Gasteiger partial charge in [0.15, 0.2) is 23.8 Å². The number of likely N-dealkylation sites (N-methyl/N-ethyl adjacent to an activating group) is 2. The Kier molecular flexibility index (Phi) is 6.97. The molecule has 0 spiro atoms. The van der Waals surface area contributed by atoms with Gasteiger partial charge in [-0.15, -0.1) is 0 Å². The molecule has 0 bridgehead atoms. The first kappa shape index (κ1) is 19.2. The minimum atomic E-state index is -1.06. The van der Waals surface area contributed by atoms with Crippen molar-refractivity contribution >= 4 is 11.6 Å². The van der Waals surface area contributed by atoms with Crippen LogP contribution in [0.5, 0.6) is 0 Å². The summed E-state index contributed by atoms with van der Waals surface area (Å²) in [4.78, 5) is 23.5. The number of hydrogen-bond acceptors (Lipinski definition) is 4. The van der Waals surface area contributed by atoms with Crippen molar-refractivity contribution in [1.82, 2.24) is 0 Å². The first-order chi connectivity index (χ1) is 8.82. The van der Waals surface area contributed by atoms with E-state index in [1.165, 1.54) is 0 Å². The zero-order valence-corrected chi connectivity index (χ0v) is 13.6. The predicted molar refractivity (Wildman–Crippen MR) is 77.1 cm³/mol. The summed E-state index contributed by atoms with van der Waals surface area (Å²) < 4.78 is 0.954. The molecule has 0 aromatic heterocycles. The summed E-state index contributed by atoms with van der Waals surface area (Å²) >= 11 is 0. The molecule has 0 aliphatic rings. The maximum Gasteiger partial charge on any atom is 0.167 e. The van der Waals surface area contributed by atoms with Crippen LogP contribution in [0.4, 0.5) is 0 Å². The molecule has 0 rings (SSSR count). The van der Waals surface area contributed by atoms with E-state index in [9.17, 15) is 19.8 Å². The number of carbonyl (C=O) groups excluding carboxylic acids is 2. The lowest BCUT2D eigenvalue weighted by Crippen LogP contribution is -2.45. The fraction of sp³-hybridized carbons (Fsp3) is 0.857. The highest BCUT2D eigenvalue weighted by molar-refractivity contribution is 5.90. The molecular weight excluding hydrogens is 260 g/mol. The van der Waals surface area contributed by atoms with E-state index in [2.05, 4.69) is 0 Å². The Balaban J connectivity index is 4.21. The smallest absolute Gasteiger partial charge is 0.167 e. The molecule has 0 saturated heterocycles. The molecule has 0 aliphatic heterocycles. The standard InChI is InChI=1S/C14H30N2O4/c1-15(2,3)9-13(19)11(17)7-8-12(18)14(20)10-16(4,5)6/h13-14,19-20H,7-10H2,1-6H3/q+2. The average Bonchev–Trinajstić information content (AvgIpc) is 2.20. The molecule has 0 saturated carbocycles. The average molecular weight is 290 g/mol. The molecule has 0 aromatic carbocycles. The van der Waals surface area contributed by atoms with Gasteiger partial charge in [-0.05, 0) is 0 Å². The molecule has 0 heterocycles. The maximum atomic E-state index is 11.7. The first-order valence-electron chi connectivity index (χ1n) is 6.84. The molecule has 2 atom stereocenters. The normalized spacial score (nSPS) is 15.8. The lowest BCUT2D eigenvalue weighted by molar-refractivity contribution is -0.872. The topological polar surface area (TPSA) is 74.6 Å². The Bertz CT molecular complexity index is 308. The van der Waals surface area contributed by atoms with Gasteiger partial charge in [-0.2, -0.15) is 0 Å². The number of hydrogen-bond donors (Lipinski definition) is 2. The first-order valence-corrected chi connectivity index (χ1v) is 6.84. The fourth-order valence-corrected chi connectivity index (χ4v) is 1.82. The fourth-order valence-electron chi connectivity index (χ4n) is 1.82. The van der Waals surface area contributed by atoms with Crippen LogP contribution in [0.3, 0.4) is 0 Å². The van der Waals surface area contributed by atoms with Crippen LogP contribution in [0.15, 0.2) is 0 Å². The molecule has 2 N–H and O–H groups in total. The largest absolute Gasteiger partial charge is 0.380 e. The molecule has 0 radical (unpaired) electrons. The van der Waals surface area contributed by atoms with E-state index in [4.69, 9.17) is 0 Å². The zero-order valence-electron chi connectivity index (χ0n) is 13.6. The summed E-state index contributed by atoms with van der Waals surface area (Å²) in [6.07, 6.45) is -2.15. The van der Waals surface area contributed by atoms with Gasteiger partial charge >= 0.3 is 0 Å². The van der Waals surface area contributed by atoms with Crippen molar-refractivity contribution in [2.24, 2.45) is 0 Å². The van der Waals surface area contributed by atoms with Gasteiger partial charge in [0, 0.05) is 12.8 Å². The molecule has 0 amide bonds. The van der Waals surface area contributed by atoms with Crippen LogP contribution in [-0.4, -0.2) is 98.3 Å². The molecule has 6 heteroatoms. The van der Waals surface area contributed by atoms with E-state index < -0.39 is 12.2 Å². The highest BCUT2D eigenvalue weighted by Gasteiger charge is 2.26. The second-order valence-electron chi connectivity index (χ2n) is 7.41. The Morgan fingerprint density at radius 3 is 1.20 bits per heavy atom. The van der Waals surface area contributed by atoms with Gasteiger partial charge in [0.2, 0.25) is 0 Å². The second-order valence-corrected chi connectivity index (χ2v) is 7.41. The van der Waals surface area contributed by atoms with Gasteiger partial charge in [0.05, 0.1) is 42.3 Å². The van der Waals surface area contributed by atoms with Crippen LogP contribution in [0.2, 0.25) is 0 Å². The number of Topliss-reactive ketones (excluding diaryl/α,β-unsaturated/α-hetero) is 2. The van der Waals surface area contributed by atoms with E-state index in [0.717, 1.165) is 0 Å². The van der Waals surface area contributed by atoms with Gasteiger partial charge in [-0.1, -0.05) is 0 Å². The number of aliphatic hydroxyl groups is 2. The third-order valence-electron chi connectivity index (χ3n) is 2.80. The van der Waals surface area contributed by atoms with Gasteiger partial charge in [-0.25, -0.2) is 0 Å². The quantitative estimate of drug-likeness (QED) is 0.536. The lowest BCUT2D eigenvalue weighted by Gasteiger charge is -2.27. The highest BCUT2D eigenvalue weighted by Crippen LogP contribution is 2.05. The Labute approximate surface area is 121 Å². The summed E-state index contributed by atoms with van der Waals surface area (Å²) in [5, 5.41) is 19.5. The number of aliphatic hydroxyl groups excluding tert-OH is 2. The molecule has 0 aliphatic carbocycles. The number of carbonyl (C=O) groups is 2. The lowest BCUT2D eigenvalue weighted by atomic mass is 10.0. The van der Waals surface area contributed by atoms with Crippen molar-refractivity contribution in [1.29, 1.82) is 0 Å². The minimum absolute atomic E-state index is 0.0196. The van der Waals surface area contributed by atoms with E-state index in [1.54, 1.807) is 0 Å². The van der Waals surface area contributed by atoms with Gasteiger partial charge in [0.25, 0.3) is 0 Å². The van der Waals surface area contributed by atoms with Gasteiger partial charge < -0.3 is 19.2 Å². The van der Waals surface area contributed by atoms with Crippen LogP contribution in [0.1, 0.15) is 12.8 Å². The van der Waals surface area contributed by atoms with Crippen molar-refractivity contribution in [3.8, 4) is 0 Å². The number of ketones is 2. The van der Waals surface area contributed by atoms with Crippen molar-refractivity contribution < 1.29 is 28.8 Å². The van der Waals surface area contributed by atoms with Crippen LogP contribution in [0, 0.1) is 0 Å². The van der Waals surface area contributed by atoms with Crippen LogP contribution in [0.25, 0.3) is 0 Å². The molecule has 2 unspecified atom stereocenters. The third kappa shape index (κ3) is 9.14. The molecule has 0 fully saturated rings. The molecule has 6 nitrogen and oxygen atoms in total. The molecule has 118 valence electrons. The Morgan fingerprint density at radius 2 is 1.00 bits per heavy atom. The number of nitrogens with zero attached hydrogens (tertiary/aromatic N) is 2. The zero-order chi connectivity index (χ0) is 16.1. The van der Waals surface area contributed by atoms with Crippen molar-refractivity contribution in [2.75, 3.05) is 55.4 Å². The Morgan fingerprint density at radius 1 is 0.750 bits per heavy atom. The van der Waals surface area contributed by atoms with Crippen LogP contribution < -0.4 is 0 Å². The van der Waals surface area contributed by atoms with Crippen LogP contribution in [-0.2, 0) is 9.59 Å². The highest BCUT2D eigenvalue weighted by atomic mass is 16.3. The van der Waals surface area contributed by atoms with E-state index in [1.807, 2.05) is 42.3 Å². The Hall–Kier alpha value is -0.820. The van der Waals surface area contributed by atoms with Crippen molar-refractivity contribution in [3.63, 3.8) is 0 Å². The molecular formula is C14H30N2O4+2. The summed E-state index contributed by atoms with van der Waals surface area (Å²) in [6, 6.07) is 0. The third-order valence-corrected chi connectivity index (χ3v) is 2.80. The summed E-state index contributed by atoms with van der Waals surface area (Å²) in [5.74, 6) is -0.687. The second kappa shape index (κ2) is 7.26. The van der Waals surface area contributed by atoms with E-state index in [-0.39, 0.29) is 24.4 Å². The SMILES string of the molecule is C[N+](C)(C)CC(O)C(=O)CCC(=O)C(O)C[N+](C)(C)C. The van der Waals surface area contributed by atoms with E-state index >= 15 is 0 Å². The van der Waals surface area contributed by atoms with Gasteiger partial charge in [-0.3, -0.25) is 9.59 Å². The molecule has 20 heavy (non-hydrogen) atoms. The van der Waals surface area contributed by atoms with Crippen molar-refractivity contribution in [2.45, 2.75) is 25.0 Å². The summed E-state index contributed by atoms with van der Waals surface area (Å²) in [5.41, 5.74) is 0. The van der Waals surface area contributed by atoms with Crippen molar-refractivity contribution in [3.05, 3.63) is 0 Å². The van der Waals surface area contributed by atoms with Crippen LogP contribution >= 0.6 is 0 Å². The minimum Gasteiger partial charge on any atom is -0.380 e. The van der Waals surface area contributed by atoms with Gasteiger partial charge in [0.1, 0.15) is 13.1 Å². The summed E-state index contributed by atoms with van der Waals surface area (Å²) in [7, 11) is 11.3. The predicted octanol–water partition coefficient (Wildman–Crippen LogP) is -0.961. The number of quaternary nitrogens is 2. The number of rotatable bonds is 9. The monoisotopic (exact) mass is 290 g/mol.